The number of aryl methyl sites for hydroxylation is 1. The first kappa shape index (κ1) is 15.3. The highest BCUT2D eigenvalue weighted by Gasteiger charge is 2.18. The third-order valence-corrected chi connectivity index (χ3v) is 4.13. The lowest BCUT2D eigenvalue weighted by atomic mass is 10.0. The molecule has 0 aliphatic rings. The van der Waals surface area contributed by atoms with E-state index in [0.717, 1.165) is 12.3 Å². The van der Waals surface area contributed by atoms with Crippen molar-refractivity contribution in [2.24, 2.45) is 0 Å². The number of hydrogen-bond acceptors (Lipinski definition) is 3. The van der Waals surface area contributed by atoms with Crippen molar-refractivity contribution in [1.82, 2.24) is 0 Å². The average Bonchev–Trinajstić information content (AvgIpc) is 2.41. The van der Waals surface area contributed by atoms with Gasteiger partial charge in [0, 0.05) is 17.9 Å². The fourth-order valence-corrected chi connectivity index (χ4v) is 2.52. The molecule has 0 bridgehead atoms. The molecular weight excluding hydrogens is 298 g/mol. The van der Waals surface area contributed by atoms with Gasteiger partial charge in [-0.05, 0) is 30.7 Å². The van der Waals surface area contributed by atoms with Crippen LogP contribution in [-0.4, -0.2) is 20.5 Å². The molecule has 0 aliphatic carbocycles. The van der Waals surface area contributed by atoms with Gasteiger partial charge in [0.1, 0.15) is 11.6 Å². The minimum atomic E-state index is -3.47. The second-order valence-corrected chi connectivity index (χ2v) is 6.73. The quantitative estimate of drug-likeness (QED) is 0.819. The zero-order chi connectivity index (χ0) is 15.8. The summed E-state index contributed by atoms with van der Waals surface area (Å²) in [6, 6.07) is 7.06. The van der Waals surface area contributed by atoms with Crippen LogP contribution < -0.4 is 0 Å². The van der Waals surface area contributed by atoms with E-state index in [4.69, 9.17) is 0 Å². The molecule has 2 rings (SSSR count). The van der Waals surface area contributed by atoms with Gasteiger partial charge in [0.2, 0.25) is 0 Å². The van der Waals surface area contributed by atoms with Gasteiger partial charge in [-0.3, -0.25) is 4.79 Å². The Morgan fingerprint density at radius 1 is 1.05 bits per heavy atom. The van der Waals surface area contributed by atoms with Gasteiger partial charge in [0.15, 0.2) is 15.6 Å². The number of sulfone groups is 1. The maximum absolute atomic E-state index is 13.7. The van der Waals surface area contributed by atoms with Crippen LogP contribution in [0, 0.1) is 18.6 Å². The van der Waals surface area contributed by atoms with Gasteiger partial charge >= 0.3 is 0 Å². The van der Waals surface area contributed by atoms with E-state index in [0.29, 0.717) is 6.07 Å². The standard InChI is InChI=1S/C15H12F2O3S/c1-9-6-12(14(17)8-13(9)16)15(18)10-4-3-5-11(7-10)21(2,19)20/h3-8H,1-2H3. The molecule has 0 radical (unpaired) electrons. The van der Waals surface area contributed by atoms with Crippen molar-refractivity contribution in [1.29, 1.82) is 0 Å². The molecular formula is C15H12F2O3S. The second kappa shape index (κ2) is 5.37. The molecule has 110 valence electrons. The predicted molar refractivity (Wildman–Crippen MR) is 74.1 cm³/mol. The van der Waals surface area contributed by atoms with Gasteiger partial charge in [-0.15, -0.1) is 0 Å². The largest absolute Gasteiger partial charge is 0.288 e. The van der Waals surface area contributed by atoms with E-state index in [2.05, 4.69) is 0 Å². The van der Waals surface area contributed by atoms with Crippen molar-refractivity contribution in [3.8, 4) is 0 Å². The molecule has 21 heavy (non-hydrogen) atoms. The molecule has 3 nitrogen and oxygen atoms in total. The van der Waals surface area contributed by atoms with E-state index in [1.807, 2.05) is 0 Å². The Bertz CT molecular complexity index is 827. The molecule has 2 aromatic rings. The molecule has 2 aromatic carbocycles. The van der Waals surface area contributed by atoms with Crippen LogP contribution in [0.1, 0.15) is 21.5 Å². The average molecular weight is 310 g/mol. The Hall–Kier alpha value is -2.08. The molecule has 0 atom stereocenters. The molecule has 0 saturated carbocycles. The van der Waals surface area contributed by atoms with Crippen molar-refractivity contribution < 1.29 is 22.0 Å². The Labute approximate surface area is 121 Å². The lowest BCUT2D eigenvalue weighted by molar-refractivity contribution is 0.103. The van der Waals surface area contributed by atoms with E-state index < -0.39 is 27.3 Å². The molecule has 6 heteroatoms. The van der Waals surface area contributed by atoms with Gasteiger partial charge in [-0.2, -0.15) is 0 Å². The summed E-state index contributed by atoms with van der Waals surface area (Å²) in [5.74, 6) is -2.41. The van der Waals surface area contributed by atoms with Gasteiger partial charge in [-0.1, -0.05) is 12.1 Å². The van der Waals surface area contributed by atoms with Gasteiger partial charge in [0.25, 0.3) is 0 Å². The van der Waals surface area contributed by atoms with Crippen LogP contribution in [-0.2, 0) is 9.84 Å². The first-order valence-electron chi connectivity index (χ1n) is 6.00. The van der Waals surface area contributed by atoms with Crippen molar-refractivity contribution in [2.45, 2.75) is 11.8 Å². The molecule has 0 saturated heterocycles. The number of ketones is 1. The van der Waals surface area contributed by atoms with Crippen LogP contribution in [0.3, 0.4) is 0 Å². The zero-order valence-corrected chi connectivity index (χ0v) is 12.2. The number of rotatable bonds is 3. The molecule has 0 fully saturated rings. The smallest absolute Gasteiger partial charge is 0.196 e. The summed E-state index contributed by atoms with van der Waals surface area (Å²) in [7, 11) is -3.47. The first-order chi connectivity index (χ1) is 9.70. The number of hydrogen-bond donors (Lipinski definition) is 0. The molecule has 0 spiro atoms. The summed E-state index contributed by atoms with van der Waals surface area (Å²) in [5.41, 5.74) is -0.124. The van der Waals surface area contributed by atoms with Crippen molar-refractivity contribution in [2.75, 3.05) is 6.26 Å². The molecule has 0 unspecified atom stereocenters. The minimum Gasteiger partial charge on any atom is -0.288 e. The molecule has 0 heterocycles. The lowest BCUT2D eigenvalue weighted by Crippen LogP contribution is -2.07. The first-order valence-corrected chi connectivity index (χ1v) is 7.90. The topological polar surface area (TPSA) is 51.2 Å². The van der Waals surface area contributed by atoms with Crippen LogP contribution in [0.5, 0.6) is 0 Å². The summed E-state index contributed by atoms with van der Waals surface area (Å²) in [4.78, 5) is 12.2. The van der Waals surface area contributed by atoms with E-state index in [1.54, 1.807) is 0 Å². The van der Waals surface area contributed by atoms with Crippen molar-refractivity contribution in [3.63, 3.8) is 0 Å². The molecule has 0 aliphatic heterocycles. The van der Waals surface area contributed by atoms with Crippen LogP contribution in [0.4, 0.5) is 8.78 Å². The SMILES string of the molecule is Cc1cc(C(=O)c2cccc(S(C)(=O)=O)c2)c(F)cc1F. The van der Waals surface area contributed by atoms with E-state index >= 15 is 0 Å². The van der Waals surface area contributed by atoms with E-state index in [1.165, 1.54) is 31.2 Å². The predicted octanol–water partition coefficient (Wildman–Crippen LogP) is 2.91. The normalized spacial score (nSPS) is 11.4. The highest BCUT2D eigenvalue weighted by Crippen LogP contribution is 2.20. The molecule has 0 N–H and O–H groups in total. The van der Waals surface area contributed by atoms with Crippen LogP contribution in [0.15, 0.2) is 41.3 Å². The Kier molecular flexibility index (Phi) is 3.91. The molecule has 0 aromatic heterocycles. The third kappa shape index (κ3) is 3.16. The van der Waals surface area contributed by atoms with Crippen LogP contribution in [0.2, 0.25) is 0 Å². The van der Waals surface area contributed by atoms with Crippen LogP contribution >= 0.6 is 0 Å². The van der Waals surface area contributed by atoms with Crippen LogP contribution in [0.25, 0.3) is 0 Å². The fraction of sp³-hybridized carbons (Fsp3) is 0.133. The number of carbonyl (C=O) groups excluding carboxylic acids is 1. The highest BCUT2D eigenvalue weighted by atomic mass is 32.2. The summed E-state index contributed by atoms with van der Waals surface area (Å²) in [5, 5.41) is 0. The Morgan fingerprint density at radius 3 is 2.33 bits per heavy atom. The third-order valence-electron chi connectivity index (χ3n) is 3.02. The van der Waals surface area contributed by atoms with Gasteiger partial charge < -0.3 is 0 Å². The maximum atomic E-state index is 13.7. The Morgan fingerprint density at radius 2 is 1.71 bits per heavy atom. The van der Waals surface area contributed by atoms with Crippen molar-refractivity contribution in [3.05, 3.63) is 64.7 Å². The zero-order valence-electron chi connectivity index (χ0n) is 11.4. The summed E-state index contributed by atoms with van der Waals surface area (Å²) < 4.78 is 49.9. The maximum Gasteiger partial charge on any atom is 0.196 e. The number of benzene rings is 2. The monoisotopic (exact) mass is 310 g/mol. The second-order valence-electron chi connectivity index (χ2n) is 4.71. The lowest BCUT2D eigenvalue weighted by Gasteiger charge is -2.06. The van der Waals surface area contributed by atoms with Gasteiger partial charge in [-0.25, -0.2) is 17.2 Å². The minimum absolute atomic E-state index is 0.0304. The summed E-state index contributed by atoms with van der Waals surface area (Å²) in [6.07, 6.45) is 1.01. The summed E-state index contributed by atoms with van der Waals surface area (Å²) in [6.45, 7) is 1.42. The molecule has 0 amide bonds. The number of carbonyl (C=O) groups is 1. The fourth-order valence-electron chi connectivity index (χ4n) is 1.85. The highest BCUT2D eigenvalue weighted by molar-refractivity contribution is 7.90. The van der Waals surface area contributed by atoms with Crippen molar-refractivity contribution >= 4 is 15.6 Å². The van der Waals surface area contributed by atoms with E-state index in [-0.39, 0.29) is 21.6 Å². The van der Waals surface area contributed by atoms with E-state index in [9.17, 15) is 22.0 Å². The summed E-state index contributed by atoms with van der Waals surface area (Å²) >= 11 is 0. The Balaban J connectivity index is 2.53. The number of halogens is 2. The van der Waals surface area contributed by atoms with Gasteiger partial charge in [0.05, 0.1) is 10.5 Å².